The summed E-state index contributed by atoms with van der Waals surface area (Å²) in [6.07, 6.45) is 0.938. The molecular weight excluding hydrogens is 270 g/mol. The molecule has 1 aliphatic rings. The van der Waals surface area contributed by atoms with Crippen molar-refractivity contribution in [3.05, 3.63) is 29.3 Å². The molecule has 5 heteroatoms. The maximum atomic E-state index is 12.6. The largest absolute Gasteiger partial charge is 0.243 e. The summed E-state index contributed by atoms with van der Waals surface area (Å²) >= 11 is 5.78. The molecule has 3 nitrogen and oxygen atoms in total. The van der Waals surface area contributed by atoms with Gasteiger partial charge in [-0.05, 0) is 36.5 Å². The molecule has 1 heterocycles. The van der Waals surface area contributed by atoms with E-state index in [1.807, 2.05) is 19.1 Å². The van der Waals surface area contributed by atoms with Gasteiger partial charge in [0, 0.05) is 19.0 Å². The number of hydrogen-bond acceptors (Lipinski definition) is 2. The van der Waals surface area contributed by atoms with Gasteiger partial charge in [-0.2, -0.15) is 4.31 Å². The molecule has 1 unspecified atom stereocenters. The molecule has 0 aromatic heterocycles. The van der Waals surface area contributed by atoms with Crippen LogP contribution in [0, 0.1) is 12.8 Å². The first-order valence-electron chi connectivity index (χ1n) is 6.11. The molecule has 1 aromatic carbocycles. The van der Waals surface area contributed by atoms with E-state index >= 15 is 0 Å². The second kappa shape index (κ2) is 5.19. The number of benzene rings is 1. The van der Waals surface area contributed by atoms with Gasteiger partial charge in [0.15, 0.2) is 0 Å². The quantitative estimate of drug-likeness (QED) is 0.802. The molecule has 1 fully saturated rings. The fraction of sp³-hybridized carbons (Fsp3) is 0.538. The highest BCUT2D eigenvalue weighted by molar-refractivity contribution is 7.89. The Balaban J connectivity index is 2.40. The molecule has 0 radical (unpaired) electrons. The zero-order valence-corrected chi connectivity index (χ0v) is 12.3. The van der Waals surface area contributed by atoms with Crippen molar-refractivity contribution in [2.45, 2.75) is 31.0 Å². The third-order valence-corrected chi connectivity index (χ3v) is 5.73. The summed E-state index contributed by atoms with van der Waals surface area (Å²) in [5, 5.41) is 0. The lowest BCUT2D eigenvalue weighted by molar-refractivity contribution is 0.464. The van der Waals surface area contributed by atoms with Crippen molar-refractivity contribution >= 4 is 21.6 Å². The Bertz CT molecular complexity index is 542. The molecule has 1 atom stereocenters. The number of hydrogen-bond donors (Lipinski definition) is 0. The van der Waals surface area contributed by atoms with Crippen LogP contribution in [0.4, 0.5) is 0 Å². The van der Waals surface area contributed by atoms with E-state index in [0.29, 0.717) is 29.8 Å². The minimum Gasteiger partial charge on any atom is -0.207 e. The van der Waals surface area contributed by atoms with Crippen molar-refractivity contribution in [2.24, 2.45) is 5.92 Å². The highest BCUT2D eigenvalue weighted by atomic mass is 35.5. The van der Waals surface area contributed by atoms with Gasteiger partial charge < -0.3 is 0 Å². The predicted molar refractivity (Wildman–Crippen MR) is 73.3 cm³/mol. The van der Waals surface area contributed by atoms with Crippen molar-refractivity contribution < 1.29 is 8.42 Å². The Morgan fingerprint density at radius 2 is 2.17 bits per heavy atom. The third-order valence-electron chi connectivity index (χ3n) is 3.41. The minimum absolute atomic E-state index is 0.333. The van der Waals surface area contributed by atoms with Gasteiger partial charge in [-0.25, -0.2) is 8.42 Å². The molecule has 2 rings (SSSR count). The number of aryl methyl sites for hydroxylation is 1. The zero-order chi connectivity index (χ0) is 13.3. The van der Waals surface area contributed by atoms with E-state index in [4.69, 9.17) is 11.6 Å². The maximum Gasteiger partial charge on any atom is 0.243 e. The fourth-order valence-corrected chi connectivity index (χ4v) is 4.27. The van der Waals surface area contributed by atoms with Gasteiger partial charge in [-0.15, -0.1) is 11.6 Å². The minimum atomic E-state index is -3.36. The molecule has 1 aromatic rings. The average Bonchev–Trinajstić information content (AvgIpc) is 2.77. The van der Waals surface area contributed by atoms with Gasteiger partial charge in [0.1, 0.15) is 0 Å². The molecule has 0 N–H and O–H groups in total. The number of nitrogens with zero attached hydrogens (tertiary/aromatic N) is 1. The van der Waals surface area contributed by atoms with Crippen molar-refractivity contribution in [3.63, 3.8) is 0 Å². The molecule has 0 spiro atoms. The smallest absolute Gasteiger partial charge is 0.207 e. The van der Waals surface area contributed by atoms with E-state index < -0.39 is 10.0 Å². The van der Waals surface area contributed by atoms with Crippen LogP contribution >= 0.6 is 11.6 Å². The molecule has 18 heavy (non-hydrogen) atoms. The monoisotopic (exact) mass is 287 g/mol. The average molecular weight is 288 g/mol. The molecule has 0 saturated carbocycles. The highest BCUT2D eigenvalue weighted by Gasteiger charge is 2.31. The summed E-state index contributed by atoms with van der Waals surface area (Å²) in [7, 11) is -3.36. The fourth-order valence-electron chi connectivity index (χ4n) is 2.26. The van der Waals surface area contributed by atoms with E-state index in [0.717, 1.165) is 17.5 Å². The van der Waals surface area contributed by atoms with Gasteiger partial charge in [-0.1, -0.05) is 19.1 Å². The highest BCUT2D eigenvalue weighted by Crippen LogP contribution is 2.27. The van der Waals surface area contributed by atoms with Crippen molar-refractivity contribution in [2.75, 3.05) is 13.1 Å². The van der Waals surface area contributed by atoms with Gasteiger partial charge in [-0.3, -0.25) is 0 Å². The molecule has 1 saturated heterocycles. The number of halogens is 1. The Labute approximate surface area is 114 Å². The molecule has 0 aliphatic carbocycles. The van der Waals surface area contributed by atoms with Gasteiger partial charge in [0.2, 0.25) is 10.0 Å². The molecule has 100 valence electrons. The van der Waals surface area contributed by atoms with E-state index in [1.165, 1.54) is 0 Å². The lowest BCUT2D eigenvalue weighted by Gasteiger charge is -2.18. The van der Waals surface area contributed by atoms with Crippen LogP contribution in [0.5, 0.6) is 0 Å². The zero-order valence-electron chi connectivity index (χ0n) is 10.7. The molecule has 0 amide bonds. The molecule has 1 aliphatic heterocycles. The maximum absolute atomic E-state index is 12.6. The van der Waals surface area contributed by atoms with Crippen molar-refractivity contribution in [3.8, 4) is 0 Å². The number of rotatable bonds is 3. The standard InChI is InChI=1S/C13H18ClNO2S/c1-10-5-6-15(9-10)18(16,17)13-7-12(8-14)4-3-11(13)2/h3-4,7,10H,5-6,8-9H2,1-2H3. The summed E-state index contributed by atoms with van der Waals surface area (Å²) in [6, 6.07) is 5.39. The summed E-state index contributed by atoms with van der Waals surface area (Å²) in [5.74, 6) is 0.774. The second-order valence-electron chi connectivity index (χ2n) is 4.99. The first-order valence-corrected chi connectivity index (χ1v) is 8.08. The molecule has 0 bridgehead atoms. The van der Waals surface area contributed by atoms with Crippen LogP contribution in [0.25, 0.3) is 0 Å². The van der Waals surface area contributed by atoms with Gasteiger partial charge in [0.05, 0.1) is 4.90 Å². The topological polar surface area (TPSA) is 37.4 Å². The predicted octanol–water partition coefficient (Wildman–Crippen LogP) is 2.76. The Morgan fingerprint density at radius 1 is 1.44 bits per heavy atom. The normalized spacial score (nSPS) is 21.4. The second-order valence-corrected chi connectivity index (χ2v) is 7.16. The Morgan fingerprint density at radius 3 is 2.72 bits per heavy atom. The lowest BCUT2D eigenvalue weighted by Crippen LogP contribution is -2.29. The van der Waals surface area contributed by atoms with Crippen molar-refractivity contribution in [1.29, 1.82) is 0 Å². The first kappa shape index (κ1) is 13.8. The van der Waals surface area contributed by atoms with E-state index in [2.05, 4.69) is 6.92 Å². The van der Waals surface area contributed by atoms with Gasteiger partial charge in [0.25, 0.3) is 0 Å². The van der Waals surface area contributed by atoms with Crippen LogP contribution in [-0.4, -0.2) is 25.8 Å². The van der Waals surface area contributed by atoms with Crippen LogP contribution in [0.3, 0.4) is 0 Å². The van der Waals surface area contributed by atoms with Crippen LogP contribution in [0.15, 0.2) is 23.1 Å². The SMILES string of the molecule is Cc1ccc(CCl)cc1S(=O)(=O)N1CCC(C)C1. The first-order chi connectivity index (χ1) is 8.45. The van der Waals surface area contributed by atoms with Crippen LogP contribution in [-0.2, 0) is 15.9 Å². The van der Waals surface area contributed by atoms with Crippen molar-refractivity contribution in [1.82, 2.24) is 4.31 Å². The Kier molecular flexibility index (Phi) is 3.99. The van der Waals surface area contributed by atoms with Crippen LogP contribution in [0.2, 0.25) is 0 Å². The molecular formula is C13H18ClNO2S. The van der Waals surface area contributed by atoms with Crippen LogP contribution in [0.1, 0.15) is 24.5 Å². The Hall–Kier alpha value is -0.580. The summed E-state index contributed by atoms with van der Waals surface area (Å²) in [5.41, 5.74) is 1.62. The summed E-state index contributed by atoms with van der Waals surface area (Å²) in [6.45, 7) is 5.14. The van der Waals surface area contributed by atoms with E-state index in [9.17, 15) is 8.42 Å². The third kappa shape index (κ3) is 2.56. The van der Waals surface area contributed by atoms with E-state index in [1.54, 1.807) is 10.4 Å². The summed E-state index contributed by atoms with van der Waals surface area (Å²) in [4.78, 5) is 0.398. The lowest BCUT2D eigenvalue weighted by atomic mass is 10.2. The number of alkyl halides is 1. The summed E-state index contributed by atoms with van der Waals surface area (Å²) < 4.78 is 26.7. The van der Waals surface area contributed by atoms with Crippen LogP contribution < -0.4 is 0 Å². The van der Waals surface area contributed by atoms with E-state index in [-0.39, 0.29) is 0 Å². The van der Waals surface area contributed by atoms with Gasteiger partial charge >= 0.3 is 0 Å². The number of sulfonamides is 1.